The van der Waals surface area contributed by atoms with Gasteiger partial charge < -0.3 is 5.32 Å². The van der Waals surface area contributed by atoms with Crippen LogP contribution in [0.3, 0.4) is 0 Å². The third-order valence-electron chi connectivity index (χ3n) is 2.58. The summed E-state index contributed by atoms with van der Waals surface area (Å²) in [4.78, 5) is 22.5. The number of nitro groups is 1. The van der Waals surface area contributed by atoms with E-state index in [0.29, 0.717) is 4.47 Å². The summed E-state index contributed by atoms with van der Waals surface area (Å²) < 4.78 is 0.669. The number of hydrogen-bond donors (Lipinski definition) is 1. The molecule has 1 amide bonds. The van der Waals surface area contributed by atoms with E-state index in [1.165, 1.54) is 24.3 Å². The van der Waals surface area contributed by atoms with Crippen LogP contribution in [0.1, 0.15) is 10.4 Å². The molecule has 5 nitrogen and oxygen atoms in total. The van der Waals surface area contributed by atoms with Crippen molar-refractivity contribution in [2.75, 3.05) is 5.32 Å². The fourth-order valence-electron chi connectivity index (χ4n) is 1.62. The van der Waals surface area contributed by atoms with Gasteiger partial charge in [0.2, 0.25) is 0 Å². The maximum Gasteiger partial charge on any atom is 0.294 e. The second-order valence-electron chi connectivity index (χ2n) is 4.00. The van der Waals surface area contributed by atoms with Crippen LogP contribution in [-0.4, -0.2) is 10.8 Å². The van der Waals surface area contributed by atoms with Crippen molar-refractivity contribution in [1.82, 2.24) is 0 Å². The average molecular weight is 390 g/mol. The molecule has 0 atom stereocenters. The van der Waals surface area contributed by atoms with Crippen LogP contribution in [0.2, 0.25) is 10.0 Å². The Morgan fingerprint density at radius 3 is 2.57 bits per heavy atom. The summed E-state index contributed by atoms with van der Waals surface area (Å²) in [5, 5.41) is 13.9. The van der Waals surface area contributed by atoms with Crippen LogP contribution < -0.4 is 5.32 Å². The monoisotopic (exact) mass is 388 g/mol. The fourth-order valence-corrected chi connectivity index (χ4v) is 2.35. The highest BCUT2D eigenvalue weighted by molar-refractivity contribution is 9.10. The molecule has 21 heavy (non-hydrogen) atoms. The summed E-state index contributed by atoms with van der Waals surface area (Å²) in [5.41, 5.74) is -0.0392. The van der Waals surface area contributed by atoms with Crippen LogP contribution >= 0.6 is 39.1 Å². The number of nitrogens with one attached hydrogen (secondary N) is 1. The normalized spacial score (nSPS) is 10.2. The summed E-state index contributed by atoms with van der Waals surface area (Å²) in [5.74, 6) is -0.549. The van der Waals surface area contributed by atoms with Gasteiger partial charge >= 0.3 is 0 Å². The second kappa shape index (κ2) is 6.43. The van der Waals surface area contributed by atoms with E-state index < -0.39 is 10.8 Å². The molecule has 0 heterocycles. The average Bonchev–Trinajstić information content (AvgIpc) is 2.43. The summed E-state index contributed by atoms with van der Waals surface area (Å²) in [6.45, 7) is 0. The number of rotatable bonds is 3. The number of amides is 1. The van der Waals surface area contributed by atoms with Gasteiger partial charge in [0.15, 0.2) is 0 Å². The van der Waals surface area contributed by atoms with Crippen LogP contribution in [0.25, 0.3) is 0 Å². The zero-order chi connectivity index (χ0) is 15.6. The second-order valence-corrected chi connectivity index (χ2v) is 5.76. The Kier molecular flexibility index (Phi) is 4.82. The minimum atomic E-state index is -0.621. The third kappa shape index (κ3) is 3.72. The highest BCUT2D eigenvalue weighted by Gasteiger charge is 2.18. The van der Waals surface area contributed by atoms with Gasteiger partial charge in [-0.3, -0.25) is 14.9 Å². The smallest absolute Gasteiger partial charge is 0.294 e. The lowest BCUT2D eigenvalue weighted by molar-refractivity contribution is -0.383. The standard InChI is InChI=1S/C13H7BrCl2N2O3/c14-7-1-3-10(16)9(5-7)13(19)17-11-4-2-8(15)6-12(11)18(20)21/h1-6H,(H,17,19). The molecule has 2 aromatic rings. The number of benzene rings is 2. The van der Waals surface area contributed by atoms with E-state index in [1.54, 1.807) is 12.1 Å². The quantitative estimate of drug-likeness (QED) is 0.598. The van der Waals surface area contributed by atoms with E-state index in [1.807, 2.05) is 0 Å². The first-order chi connectivity index (χ1) is 9.88. The fraction of sp³-hybridized carbons (Fsp3) is 0. The van der Waals surface area contributed by atoms with Crippen molar-refractivity contribution >= 4 is 56.4 Å². The molecule has 0 aliphatic carbocycles. The predicted molar refractivity (Wildman–Crippen MR) is 85.2 cm³/mol. The Balaban J connectivity index is 2.36. The van der Waals surface area contributed by atoms with Crippen LogP contribution in [0.15, 0.2) is 40.9 Å². The Hall–Kier alpha value is -1.63. The molecule has 2 aromatic carbocycles. The number of anilines is 1. The van der Waals surface area contributed by atoms with Crippen molar-refractivity contribution in [1.29, 1.82) is 0 Å². The van der Waals surface area contributed by atoms with E-state index in [9.17, 15) is 14.9 Å². The molecular formula is C13H7BrCl2N2O3. The minimum Gasteiger partial charge on any atom is -0.316 e. The van der Waals surface area contributed by atoms with E-state index >= 15 is 0 Å². The van der Waals surface area contributed by atoms with Crippen molar-refractivity contribution in [3.8, 4) is 0 Å². The molecule has 0 saturated heterocycles. The van der Waals surface area contributed by atoms with Crippen molar-refractivity contribution in [3.63, 3.8) is 0 Å². The summed E-state index contributed by atoms with van der Waals surface area (Å²) >= 11 is 14.9. The molecule has 0 radical (unpaired) electrons. The van der Waals surface area contributed by atoms with Gasteiger partial charge in [-0.2, -0.15) is 0 Å². The highest BCUT2D eigenvalue weighted by atomic mass is 79.9. The maximum absolute atomic E-state index is 12.2. The van der Waals surface area contributed by atoms with Gasteiger partial charge in [-0.05, 0) is 30.3 Å². The van der Waals surface area contributed by atoms with Gasteiger partial charge in [0.1, 0.15) is 5.69 Å². The lowest BCUT2D eigenvalue weighted by atomic mass is 10.2. The molecule has 8 heteroatoms. The topological polar surface area (TPSA) is 72.2 Å². The molecule has 0 fully saturated rings. The van der Waals surface area contributed by atoms with Crippen LogP contribution in [0.4, 0.5) is 11.4 Å². The first-order valence-corrected chi connectivity index (χ1v) is 7.13. The minimum absolute atomic E-state index is 0.0467. The number of nitro benzene ring substituents is 1. The summed E-state index contributed by atoms with van der Waals surface area (Å²) in [6, 6.07) is 8.75. The van der Waals surface area contributed by atoms with Gasteiger partial charge in [0, 0.05) is 15.6 Å². The summed E-state index contributed by atoms with van der Waals surface area (Å²) in [6.07, 6.45) is 0. The first kappa shape index (κ1) is 15.8. The van der Waals surface area contributed by atoms with Crippen molar-refractivity contribution < 1.29 is 9.72 Å². The lowest BCUT2D eigenvalue weighted by Crippen LogP contribution is -2.13. The first-order valence-electron chi connectivity index (χ1n) is 5.59. The van der Waals surface area contributed by atoms with Gasteiger partial charge in [0.05, 0.1) is 15.5 Å². The van der Waals surface area contributed by atoms with Crippen molar-refractivity contribution in [3.05, 3.63) is 66.6 Å². The summed E-state index contributed by atoms with van der Waals surface area (Å²) in [7, 11) is 0. The van der Waals surface area contributed by atoms with E-state index in [-0.39, 0.29) is 27.0 Å². The zero-order valence-electron chi connectivity index (χ0n) is 10.3. The Bertz CT molecular complexity index is 737. The van der Waals surface area contributed by atoms with Crippen LogP contribution in [0, 0.1) is 10.1 Å². The number of carbonyl (C=O) groups excluding carboxylic acids is 1. The Labute approximate surface area is 138 Å². The molecule has 108 valence electrons. The molecular weight excluding hydrogens is 383 g/mol. The van der Waals surface area contributed by atoms with Gasteiger partial charge in [-0.15, -0.1) is 0 Å². The number of halogens is 3. The Morgan fingerprint density at radius 1 is 1.19 bits per heavy atom. The maximum atomic E-state index is 12.2. The molecule has 1 N–H and O–H groups in total. The molecule has 0 aliphatic rings. The predicted octanol–water partition coefficient (Wildman–Crippen LogP) is 4.92. The molecule has 0 aromatic heterocycles. The molecule has 0 aliphatic heterocycles. The highest BCUT2D eigenvalue weighted by Crippen LogP contribution is 2.29. The SMILES string of the molecule is O=C(Nc1ccc(Cl)cc1[N+](=O)[O-])c1cc(Br)ccc1Cl. The van der Waals surface area contributed by atoms with Crippen LogP contribution in [-0.2, 0) is 0 Å². The van der Waals surface area contributed by atoms with E-state index in [2.05, 4.69) is 21.2 Å². The molecule has 0 saturated carbocycles. The van der Waals surface area contributed by atoms with Gasteiger partial charge in [-0.25, -0.2) is 0 Å². The molecule has 2 rings (SSSR count). The Morgan fingerprint density at radius 2 is 1.90 bits per heavy atom. The third-order valence-corrected chi connectivity index (χ3v) is 3.64. The molecule has 0 spiro atoms. The van der Waals surface area contributed by atoms with Gasteiger partial charge in [0.25, 0.3) is 11.6 Å². The van der Waals surface area contributed by atoms with Crippen molar-refractivity contribution in [2.45, 2.75) is 0 Å². The zero-order valence-corrected chi connectivity index (χ0v) is 13.4. The van der Waals surface area contributed by atoms with Gasteiger partial charge in [-0.1, -0.05) is 39.1 Å². The lowest BCUT2D eigenvalue weighted by Gasteiger charge is -2.08. The number of nitrogens with zero attached hydrogens (tertiary/aromatic N) is 1. The largest absolute Gasteiger partial charge is 0.316 e. The van der Waals surface area contributed by atoms with Crippen molar-refractivity contribution in [2.24, 2.45) is 0 Å². The molecule has 0 bridgehead atoms. The molecule has 0 unspecified atom stereocenters. The van der Waals surface area contributed by atoms with E-state index in [4.69, 9.17) is 23.2 Å². The number of carbonyl (C=O) groups is 1. The number of hydrogen-bond acceptors (Lipinski definition) is 3. The van der Waals surface area contributed by atoms with E-state index in [0.717, 1.165) is 0 Å². The van der Waals surface area contributed by atoms with Crippen LogP contribution in [0.5, 0.6) is 0 Å².